The third kappa shape index (κ3) is 4.42. The highest BCUT2D eigenvalue weighted by Gasteiger charge is 2.37. The number of nitrogens with zero attached hydrogens (tertiary/aromatic N) is 2. The third-order valence-corrected chi connectivity index (χ3v) is 5.15. The average Bonchev–Trinajstić information content (AvgIpc) is 3.03. The predicted molar refractivity (Wildman–Crippen MR) is 123 cm³/mol. The molecule has 0 radical (unpaired) electrons. The largest absolute Gasteiger partial charge is 0.465 e. The summed E-state index contributed by atoms with van der Waals surface area (Å²) < 4.78 is 9.95. The Hall–Kier alpha value is -3.87. The summed E-state index contributed by atoms with van der Waals surface area (Å²) in [7, 11) is 5.18. The zero-order chi connectivity index (χ0) is 23.4. The number of carbonyl (C=O) groups is 3. The molecule has 2 aromatic carbocycles. The summed E-state index contributed by atoms with van der Waals surface area (Å²) in [6.07, 6.45) is 1.69. The van der Waals surface area contributed by atoms with E-state index >= 15 is 0 Å². The normalized spacial score (nSPS) is 14.7. The first kappa shape index (κ1) is 22.8. The molecule has 7 heteroatoms. The van der Waals surface area contributed by atoms with Crippen LogP contribution in [0.15, 0.2) is 65.4 Å². The van der Waals surface area contributed by atoms with Crippen LogP contribution < -0.4 is 9.80 Å². The van der Waals surface area contributed by atoms with E-state index in [0.29, 0.717) is 16.9 Å². The van der Waals surface area contributed by atoms with Gasteiger partial charge in [-0.25, -0.2) is 9.59 Å². The van der Waals surface area contributed by atoms with Gasteiger partial charge in [-0.3, -0.25) is 9.69 Å². The Kier molecular flexibility index (Phi) is 6.78. The van der Waals surface area contributed by atoms with E-state index in [1.165, 1.54) is 12.0 Å². The van der Waals surface area contributed by atoms with Gasteiger partial charge < -0.3 is 14.4 Å². The molecule has 0 atom stereocenters. The fraction of sp³-hybridized carbons (Fsp3) is 0.240. The number of benzene rings is 2. The van der Waals surface area contributed by atoms with E-state index in [0.717, 1.165) is 11.3 Å². The van der Waals surface area contributed by atoms with Gasteiger partial charge in [-0.1, -0.05) is 12.1 Å². The number of esters is 2. The maximum absolute atomic E-state index is 13.4. The molecular weight excluding hydrogens is 408 g/mol. The molecule has 1 heterocycles. The molecule has 7 nitrogen and oxygen atoms in total. The summed E-state index contributed by atoms with van der Waals surface area (Å²) >= 11 is 0. The lowest BCUT2D eigenvalue weighted by atomic mass is 10.0. The summed E-state index contributed by atoms with van der Waals surface area (Å²) in [5.74, 6) is -1.36. The number of rotatable bonds is 6. The average molecular weight is 434 g/mol. The topological polar surface area (TPSA) is 76.2 Å². The Morgan fingerprint density at radius 2 is 1.62 bits per heavy atom. The molecule has 1 amide bonds. The van der Waals surface area contributed by atoms with Crippen LogP contribution in [-0.4, -0.2) is 45.7 Å². The smallest absolute Gasteiger partial charge is 0.340 e. The molecule has 1 aliphatic heterocycles. The van der Waals surface area contributed by atoms with Crippen LogP contribution in [-0.2, 0) is 19.1 Å². The number of ether oxygens (including phenoxy) is 2. The highest BCUT2D eigenvalue weighted by atomic mass is 16.5. The number of hydrogen-bond acceptors (Lipinski definition) is 6. The minimum absolute atomic E-state index is 0.212. The van der Waals surface area contributed by atoms with Crippen LogP contribution >= 0.6 is 0 Å². The Morgan fingerprint density at radius 3 is 2.16 bits per heavy atom. The Morgan fingerprint density at radius 1 is 1.00 bits per heavy atom. The molecule has 3 rings (SSSR count). The van der Waals surface area contributed by atoms with Crippen LogP contribution in [0.5, 0.6) is 0 Å². The van der Waals surface area contributed by atoms with Crippen molar-refractivity contribution in [2.45, 2.75) is 13.8 Å². The predicted octanol–water partition coefficient (Wildman–Crippen LogP) is 3.81. The highest BCUT2D eigenvalue weighted by molar-refractivity contribution is 6.23. The summed E-state index contributed by atoms with van der Waals surface area (Å²) in [6, 6.07) is 14.1. The lowest BCUT2D eigenvalue weighted by Crippen LogP contribution is -2.24. The summed E-state index contributed by atoms with van der Waals surface area (Å²) in [4.78, 5) is 41.2. The number of hydrogen-bond donors (Lipinski definition) is 0. The molecule has 2 aromatic rings. The molecule has 0 fully saturated rings. The zero-order valence-electron chi connectivity index (χ0n) is 18.8. The molecule has 0 unspecified atom stereocenters. The molecule has 166 valence electrons. The maximum atomic E-state index is 13.4. The van der Waals surface area contributed by atoms with Gasteiger partial charge in [0.1, 0.15) is 0 Å². The van der Waals surface area contributed by atoms with Gasteiger partial charge in [-0.05, 0) is 61.9 Å². The van der Waals surface area contributed by atoms with Crippen molar-refractivity contribution in [3.05, 3.63) is 76.5 Å². The lowest BCUT2D eigenvalue weighted by Gasteiger charge is -2.18. The van der Waals surface area contributed by atoms with Crippen LogP contribution in [0.3, 0.4) is 0 Å². The van der Waals surface area contributed by atoms with Gasteiger partial charge in [0.25, 0.3) is 5.91 Å². The molecule has 0 aromatic heterocycles. The maximum Gasteiger partial charge on any atom is 0.340 e. The Bertz CT molecular complexity index is 1100. The van der Waals surface area contributed by atoms with Gasteiger partial charge >= 0.3 is 11.9 Å². The molecule has 0 spiro atoms. The monoisotopic (exact) mass is 434 g/mol. The van der Waals surface area contributed by atoms with Gasteiger partial charge in [0, 0.05) is 31.2 Å². The van der Waals surface area contributed by atoms with E-state index in [2.05, 4.69) is 0 Å². The first-order valence-corrected chi connectivity index (χ1v) is 10.2. The minimum atomic E-state index is -0.586. The molecule has 0 saturated carbocycles. The number of amides is 1. The summed E-state index contributed by atoms with van der Waals surface area (Å²) in [5, 5.41) is 0. The molecule has 32 heavy (non-hydrogen) atoms. The Balaban J connectivity index is 2.01. The minimum Gasteiger partial charge on any atom is -0.465 e. The van der Waals surface area contributed by atoms with Gasteiger partial charge in [0.15, 0.2) is 0 Å². The molecule has 1 aliphatic rings. The van der Waals surface area contributed by atoms with E-state index in [1.807, 2.05) is 43.3 Å². The van der Waals surface area contributed by atoms with Gasteiger partial charge in [-0.15, -0.1) is 0 Å². The van der Waals surface area contributed by atoms with E-state index in [1.54, 1.807) is 44.2 Å². The first-order valence-electron chi connectivity index (χ1n) is 10.2. The molecular formula is C25H26N2O5. The van der Waals surface area contributed by atoms with Crippen molar-refractivity contribution >= 4 is 35.3 Å². The molecule has 0 aliphatic carbocycles. The molecule has 0 saturated heterocycles. The van der Waals surface area contributed by atoms with Crippen molar-refractivity contribution in [1.29, 1.82) is 0 Å². The van der Waals surface area contributed by atoms with Crippen molar-refractivity contribution < 1.29 is 23.9 Å². The summed E-state index contributed by atoms with van der Waals surface area (Å²) in [5.41, 5.74) is 3.65. The number of carbonyl (C=O) groups excluding carboxylic acids is 3. The van der Waals surface area contributed by atoms with Crippen molar-refractivity contribution in [1.82, 2.24) is 0 Å². The fourth-order valence-corrected chi connectivity index (χ4v) is 3.49. The quantitative estimate of drug-likeness (QED) is 0.508. The van der Waals surface area contributed by atoms with Crippen molar-refractivity contribution in [2.24, 2.45) is 0 Å². The third-order valence-electron chi connectivity index (χ3n) is 5.15. The van der Waals surface area contributed by atoms with Gasteiger partial charge in [-0.2, -0.15) is 0 Å². The van der Waals surface area contributed by atoms with Gasteiger partial charge in [0.2, 0.25) is 0 Å². The van der Waals surface area contributed by atoms with E-state index in [-0.39, 0.29) is 23.7 Å². The Labute approximate surface area is 187 Å². The van der Waals surface area contributed by atoms with Crippen LogP contribution in [0.25, 0.3) is 6.08 Å². The van der Waals surface area contributed by atoms with E-state index < -0.39 is 11.9 Å². The van der Waals surface area contributed by atoms with Crippen LogP contribution in [0.1, 0.15) is 29.8 Å². The lowest BCUT2D eigenvalue weighted by molar-refractivity contribution is -0.136. The van der Waals surface area contributed by atoms with Crippen LogP contribution in [0.2, 0.25) is 0 Å². The molecule has 0 bridgehead atoms. The van der Waals surface area contributed by atoms with Crippen LogP contribution in [0, 0.1) is 0 Å². The number of methoxy groups -OCH3 is 1. The second-order valence-corrected chi connectivity index (χ2v) is 7.40. The van der Waals surface area contributed by atoms with Crippen LogP contribution in [0.4, 0.5) is 11.4 Å². The fourth-order valence-electron chi connectivity index (χ4n) is 3.49. The van der Waals surface area contributed by atoms with E-state index in [4.69, 9.17) is 9.47 Å². The standard InChI is InChI=1S/C25H26N2O5/c1-6-32-24(29)18-9-13-20(14-10-18)27-16(2)22(25(30)31-5)21(23(27)28)15-17-7-11-19(12-8-17)26(3)4/h7-15H,6H2,1-5H3. The van der Waals surface area contributed by atoms with Crippen molar-refractivity contribution in [3.8, 4) is 0 Å². The second-order valence-electron chi connectivity index (χ2n) is 7.40. The highest BCUT2D eigenvalue weighted by Crippen LogP contribution is 2.35. The van der Waals surface area contributed by atoms with Gasteiger partial charge in [0.05, 0.1) is 30.4 Å². The number of anilines is 2. The number of allylic oxidation sites excluding steroid dienone is 1. The first-order chi connectivity index (χ1) is 15.3. The van der Waals surface area contributed by atoms with E-state index in [9.17, 15) is 14.4 Å². The SMILES string of the molecule is CCOC(=O)c1ccc(N2C(=O)C(=Cc3ccc(N(C)C)cc3)C(C(=O)OC)=C2C)cc1. The molecule has 0 N–H and O–H groups in total. The zero-order valence-corrected chi connectivity index (χ0v) is 18.8. The second kappa shape index (κ2) is 9.51. The van der Waals surface area contributed by atoms with Crippen molar-refractivity contribution in [3.63, 3.8) is 0 Å². The van der Waals surface area contributed by atoms with Crippen molar-refractivity contribution in [2.75, 3.05) is 37.6 Å². The summed E-state index contributed by atoms with van der Waals surface area (Å²) in [6.45, 7) is 3.71.